The van der Waals surface area contributed by atoms with Gasteiger partial charge in [0.05, 0.1) is 11.0 Å². The predicted molar refractivity (Wildman–Crippen MR) is 105 cm³/mol. The van der Waals surface area contributed by atoms with E-state index in [2.05, 4.69) is 21.0 Å². The van der Waals surface area contributed by atoms with Gasteiger partial charge in [-0.1, -0.05) is 30.3 Å². The molecule has 0 radical (unpaired) electrons. The summed E-state index contributed by atoms with van der Waals surface area (Å²) < 4.78 is 0. The first-order chi connectivity index (χ1) is 13.1. The number of nitrogens with two attached hydrogens (primary N) is 1. The molecule has 2 aromatic carbocycles. The maximum atomic E-state index is 11.5. The topological polar surface area (TPSA) is 105 Å². The average molecular weight is 358 g/mol. The smallest absolute Gasteiger partial charge is 0.323 e. The predicted octanol–water partition coefficient (Wildman–Crippen LogP) is 3.00. The van der Waals surface area contributed by atoms with Crippen LogP contribution >= 0.6 is 0 Å². The molecule has 0 bridgehead atoms. The Hall–Kier alpha value is -3.67. The number of amides is 1. The molecular formula is C21H18N4O2. The van der Waals surface area contributed by atoms with Gasteiger partial charge in [0.1, 0.15) is 0 Å². The van der Waals surface area contributed by atoms with E-state index >= 15 is 0 Å². The van der Waals surface area contributed by atoms with Gasteiger partial charge in [0, 0.05) is 18.8 Å². The van der Waals surface area contributed by atoms with Crippen molar-refractivity contribution in [1.82, 2.24) is 15.0 Å². The monoisotopic (exact) mass is 358 g/mol. The summed E-state index contributed by atoms with van der Waals surface area (Å²) >= 11 is 0. The van der Waals surface area contributed by atoms with E-state index in [4.69, 9.17) is 5.73 Å². The van der Waals surface area contributed by atoms with Gasteiger partial charge in [-0.05, 0) is 52.4 Å². The number of rotatable bonds is 5. The highest BCUT2D eigenvalue weighted by molar-refractivity contribution is 5.83. The minimum Gasteiger partial charge on any atom is -0.370 e. The minimum atomic E-state index is -0.335. The van der Waals surface area contributed by atoms with E-state index in [0.29, 0.717) is 6.42 Å². The highest BCUT2D eigenvalue weighted by Crippen LogP contribution is 2.30. The van der Waals surface area contributed by atoms with Crippen molar-refractivity contribution in [2.75, 3.05) is 0 Å². The molecule has 4 rings (SSSR count). The van der Waals surface area contributed by atoms with Crippen molar-refractivity contribution in [2.24, 2.45) is 5.73 Å². The molecule has 0 saturated heterocycles. The maximum absolute atomic E-state index is 11.5. The zero-order chi connectivity index (χ0) is 18.8. The van der Waals surface area contributed by atoms with E-state index in [-0.39, 0.29) is 18.0 Å². The second kappa shape index (κ2) is 6.92. The first-order valence-corrected chi connectivity index (χ1v) is 8.64. The molecule has 4 aromatic rings. The molecule has 0 aliphatic rings. The lowest BCUT2D eigenvalue weighted by Gasteiger charge is -2.12. The van der Waals surface area contributed by atoms with Gasteiger partial charge in [-0.2, -0.15) is 0 Å². The first-order valence-electron chi connectivity index (χ1n) is 8.64. The molecule has 134 valence electrons. The fourth-order valence-corrected chi connectivity index (χ4v) is 3.25. The summed E-state index contributed by atoms with van der Waals surface area (Å²) in [6.45, 7) is 0. The lowest BCUT2D eigenvalue weighted by Crippen LogP contribution is -2.11. The Labute approximate surface area is 155 Å². The minimum absolute atomic E-state index is 0.233. The highest BCUT2D eigenvalue weighted by Gasteiger charge is 2.10. The quantitative estimate of drug-likeness (QED) is 0.511. The molecular weight excluding hydrogens is 340 g/mol. The molecule has 27 heavy (non-hydrogen) atoms. The molecule has 2 heterocycles. The number of carbonyl (C=O) groups is 1. The third-order valence-electron chi connectivity index (χ3n) is 4.57. The fourth-order valence-electron chi connectivity index (χ4n) is 3.25. The normalized spacial score (nSPS) is 11.0. The zero-order valence-corrected chi connectivity index (χ0v) is 14.5. The number of nitrogens with one attached hydrogen (secondary N) is 2. The number of aromatic nitrogens is 3. The molecule has 0 aliphatic heterocycles. The summed E-state index contributed by atoms with van der Waals surface area (Å²) in [5, 5.41) is 0. The number of benzene rings is 2. The summed E-state index contributed by atoms with van der Waals surface area (Å²) in [5.74, 6) is -0.335. The van der Waals surface area contributed by atoms with Crippen molar-refractivity contribution < 1.29 is 4.79 Å². The Morgan fingerprint density at radius 3 is 2.56 bits per heavy atom. The number of nitrogens with zero attached hydrogens (tertiary/aromatic N) is 1. The van der Waals surface area contributed by atoms with E-state index in [1.807, 2.05) is 48.7 Å². The van der Waals surface area contributed by atoms with E-state index in [9.17, 15) is 9.59 Å². The van der Waals surface area contributed by atoms with Gasteiger partial charge < -0.3 is 15.7 Å². The molecule has 0 aliphatic carbocycles. The molecule has 0 fully saturated rings. The average Bonchev–Trinajstić information content (AvgIpc) is 3.06. The summed E-state index contributed by atoms with van der Waals surface area (Å²) in [5.41, 5.74) is 11.7. The van der Waals surface area contributed by atoms with Crippen LogP contribution in [0.4, 0.5) is 0 Å². The van der Waals surface area contributed by atoms with Gasteiger partial charge >= 0.3 is 5.69 Å². The van der Waals surface area contributed by atoms with Crippen LogP contribution in [0.1, 0.15) is 12.0 Å². The van der Waals surface area contributed by atoms with Crippen LogP contribution < -0.4 is 11.4 Å². The molecule has 6 nitrogen and oxygen atoms in total. The lowest BCUT2D eigenvalue weighted by molar-refractivity contribution is -0.117. The van der Waals surface area contributed by atoms with Crippen LogP contribution in [0.15, 0.2) is 65.7 Å². The van der Waals surface area contributed by atoms with Crippen molar-refractivity contribution in [3.05, 3.63) is 77.0 Å². The van der Waals surface area contributed by atoms with Gasteiger partial charge in [-0.3, -0.25) is 9.78 Å². The van der Waals surface area contributed by atoms with Crippen LogP contribution in [-0.4, -0.2) is 20.9 Å². The van der Waals surface area contributed by atoms with Gasteiger partial charge in [-0.15, -0.1) is 0 Å². The second-order valence-corrected chi connectivity index (χ2v) is 6.42. The molecule has 0 unspecified atom stereocenters. The first kappa shape index (κ1) is 16.8. The van der Waals surface area contributed by atoms with E-state index < -0.39 is 0 Å². The summed E-state index contributed by atoms with van der Waals surface area (Å²) in [6.07, 6.45) is 4.36. The number of hydrogen-bond acceptors (Lipinski definition) is 3. The van der Waals surface area contributed by atoms with Crippen molar-refractivity contribution in [1.29, 1.82) is 0 Å². The molecule has 0 saturated carbocycles. The van der Waals surface area contributed by atoms with Gasteiger partial charge in [-0.25, -0.2) is 4.79 Å². The summed E-state index contributed by atoms with van der Waals surface area (Å²) in [4.78, 5) is 32.5. The number of aryl methyl sites for hydroxylation is 1. The molecule has 4 N–H and O–H groups in total. The molecule has 0 spiro atoms. The van der Waals surface area contributed by atoms with Crippen LogP contribution in [0.5, 0.6) is 0 Å². The highest BCUT2D eigenvalue weighted by atomic mass is 16.1. The number of carbonyl (C=O) groups excluding carboxylic acids is 1. The number of pyridine rings is 1. The van der Waals surface area contributed by atoms with Crippen LogP contribution in [0.2, 0.25) is 0 Å². The number of primary amides is 1. The fraction of sp³-hybridized carbons (Fsp3) is 0.0952. The van der Waals surface area contributed by atoms with Crippen LogP contribution in [0, 0.1) is 0 Å². The zero-order valence-electron chi connectivity index (χ0n) is 14.5. The molecule has 6 heteroatoms. The number of aromatic amines is 2. The summed E-state index contributed by atoms with van der Waals surface area (Å²) in [7, 11) is 0. The molecule has 1 amide bonds. The van der Waals surface area contributed by atoms with E-state index in [0.717, 1.165) is 38.9 Å². The molecule has 0 atom stereocenters. The number of fused-ring (bicyclic) bond motifs is 1. The number of H-pyrrole nitrogens is 2. The van der Waals surface area contributed by atoms with Gasteiger partial charge in [0.15, 0.2) is 0 Å². The number of hydrogen-bond donors (Lipinski definition) is 3. The third-order valence-corrected chi connectivity index (χ3v) is 4.57. The van der Waals surface area contributed by atoms with Crippen LogP contribution in [-0.2, 0) is 11.2 Å². The van der Waals surface area contributed by atoms with Crippen LogP contribution in [0.25, 0.3) is 33.3 Å². The Balaban J connectivity index is 1.81. The SMILES string of the molecule is NC(=O)CCc1cc(-c2cccnc2)ccc1-c1ccc2[nH]c(=O)[nH]c2c1. The molecule has 2 aromatic heterocycles. The Morgan fingerprint density at radius 2 is 1.78 bits per heavy atom. The standard InChI is InChI=1S/C21H18N4O2/c22-20(26)8-5-14-10-13(16-2-1-9-23-12-16)3-6-17(14)15-4-7-18-19(11-15)25-21(27)24-18/h1-4,6-7,9-12H,5,8H2,(H2,22,26)(H2,24,25,27). The van der Waals surface area contributed by atoms with Crippen molar-refractivity contribution in [3.8, 4) is 22.3 Å². The van der Waals surface area contributed by atoms with Crippen molar-refractivity contribution >= 4 is 16.9 Å². The van der Waals surface area contributed by atoms with Crippen molar-refractivity contribution in [2.45, 2.75) is 12.8 Å². The van der Waals surface area contributed by atoms with E-state index in [1.54, 1.807) is 6.20 Å². The van der Waals surface area contributed by atoms with Gasteiger partial charge in [0.2, 0.25) is 5.91 Å². The second-order valence-electron chi connectivity index (χ2n) is 6.42. The number of imidazole rings is 1. The van der Waals surface area contributed by atoms with Crippen molar-refractivity contribution in [3.63, 3.8) is 0 Å². The van der Waals surface area contributed by atoms with Crippen LogP contribution in [0.3, 0.4) is 0 Å². The van der Waals surface area contributed by atoms with E-state index in [1.165, 1.54) is 0 Å². The largest absolute Gasteiger partial charge is 0.370 e. The third kappa shape index (κ3) is 3.50. The lowest BCUT2D eigenvalue weighted by atomic mass is 9.93. The Bertz CT molecular complexity index is 1180. The Kier molecular flexibility index (Phi) is 4.30. The van der Waals surface area contributed by atoms with Gasteiger partial charge in [0.25, 0.3) is 0 Å². The Morgan fingerprint density at radius 1 is 0.963 bits per heavy atom. The summed E-state index contributed by atoms with van der Waals surface area (Å²) in [6, 6.07) is 15.8. The maximum Gasteiger partial charge on any atom is 0.323 e.